The molecule has 0 saturated heterocycles. The Morgan fingerprint density at radius 2 is 1.79 bits per heavy atom. The molecular formula is C21H20N4O2S. The maximum atomic E-state index is 5.42. The molecule has 142 valence electrons. The van der Waals surface area contributed by atoms with Gasteiger partial charge in [0, 0.05) is 34.6 Å². The molecule has 4 aromatic rings. The molecule has 0 bridgehead atoms. The van der Waals surface area contributed by atoms with Crippen LogP contribution in [0.3, 0.4) is 0 Å². The van der Waals surface area contributed by atoms with Crippen LogP contribution in [0, 0.1) is 0 Å². The fourth-order valence-electron chi connectivity index (χ4n) is 3.03. The molecule has 2 heterocycles. The molecule has 0 spiro atoms. The van der Waals surface area contributed by atoms with Crippen LogP contribution in [0.2, 0.25) is 0 Å². The largest absolute Gasteiger partial charge is 0.493 e. The minimum absolute atomic E-state index is 0.661. The molecule has 0 aliphatic carbocycles. The molecule has 2 aromatic carbocycles. The van der Waals surface area contributed by atoms with Crippen molar-refractivity contribution in [2.24, 2.45) is 0 Å². The number of benzene rings is 2. The summed E-state index contributed by atoms with van der Waals surface area (Å²) in [5.74, 6) is 2.21. The Morgan fingerprint density at radius 3 is 2.50 bits per heavy atom. The Bertz CT molecular complexity index is 1110. The van der Waals surface area contributed by atoms with Gasteiger partial charge in [-0.3, -0.25) is 9.38 Å². The van der Waals surface area contributed by atoms with Gasteiger partial charge >= 0.3 is 0 Å². The fourth-order valence-corrected chi connectivity index (χ4v) is 3.44. The van der Waals surface area contributed by atoms with E-state index in [4.69, 9.17) is 14.5 Å². The number of imidazole rings is 1. The molecule has 0 saturated carbocycles. The number of hydrogen-bond donors (Lipinski definition) is 1. The summed E-state index contributed by atoms with van der Waals surface area (Å²) < 4.78 is 12.7. The van der Waals surface area contributed by atoms with E-state index in [0.717, 1.165) is 28.4 Å². The normalized spacial score (nSPS) is 10.8. The van der Waals surface area contributed by atoms with E-state index in [2.05, 4.69) is 40.8 Å². The van der Waals surface area contributed by atoms with E-state index in [-0.39, 0.29) is 0 Å². The van der Waals surface area contributed by atoms with Crippen molar-refractivity contribution in [3.63, 3.8) is 0 Å². The lowest BCUT2D eigenvalue weighted by Crippen LogP contribution is -1.98. The lowest BCUT2D eigenvalue weighted by Gasteiger charge is -2.12. The summed E-state index contributed by atoms with van der Waals surface area (Å²) >= 11 is 1.72. The van der Waals surface area contributed by atoms with Gasteiger partial charge in [0.1, 0.15) is 11.5 Å². The third-order valence-corrected chi connectivity index (χ3v) is 5.18. The Balaban J connectivity index is 1.81. The second kappa shape index (κ2) is 7.82. The van der Waals surface area contributed by atoms with Crippen LogP contribution >= 0.6 is 11.8 Å². The highest BCUT2D eigenvalue weighted by Crippen LogP contribution is 2.35. The van der Waals surface area contributed by atoms with Crippen LogP contribution in [0.15, 0.2) is 66.0 Å². The average Bonchev–Trinajstić information content (AvgIpc) is 3.12. The molecule has 0 fully saturated rings. The summed E-state index contributed by atoms with van der Waals surface area (Å²) in [6, 6.07) is 14.1. The summed E-state index contributed by atoms with van der Waals surface area (Å²) in [6.07, 6.45) is 7.45. The standard InChI is InChI=1S/C21H20N4O2S/c1-26-17-9-6-15(12-18(17)27-2)23-21-20(14-4-7-16(28-3)8-5-14)24-19-13-22-10-11-25(19)21/h4-13,23H,1-3H3. The van der Waals surface area contributed by atoms with Crippen molar-refractivity contribution >= 4 is 28.9 Å². The molecule has 4 rings (SSSR count). The molecule has 0 atom stereocenters. The van der Waals surface area contributed by atoms with E-state index < -0.39 is 0 Å². The second-order valence-electron chi connectivity index (χ2n) is 6.04. The predicted molar refractivity (Wildman–Crippen MR) is 113 cm³/mol. The Kier molecular flexibility index (Phi) is 5.08. The zero-order valence-corrected chi connectivity index (χ0v) is 16.7. The molecule has 28 heavy (non-hydrogen) atoms. The smallest absolute Gasteiger partial charge is 0.162 e. The van der Waals surface area contributed by atoms with Gasteiger partial charge in [0.05, 0.1) is 20.4 Å². The molecule has 1 N–H and O–H groups in total. The van der Waals surface area contributed by atoms with Crippen LogP contribution in [0.25, 0.3) is 16.9 Å². The van der Waals surface area contributed by atoms with Crippen LogP contribution in [0.4, 0.5) is 11.5 Å². The third kappa shape index (κ3) is 3.36. The van der Waals surface area contributed by atoms with Crippen molar-refractivity contribution in [3.8, 4) is 22.8 Å². The van der Waals surface area contributed by atoms with Gasteiger partial charge in [-0.25, -0.2) is 4.98 Å². The highest BCUT2D eigenvalue weighted by Gasteiger charge is 2.15. The summed E-state index contributed by atoms with van der Waals surface area (Å²) in [6.45, 7) is 0. The number of aromatic nitrogens is 3. The van der Waals surface area contributed by atoms with Gasteiger partial charge < -0.3 is 14.8 Å². The predicted octanol–water partition coefficient (Wildman–Crippen LogP) is 4.88. The van der Waals surface area contributed by atoms with E-state index in [1.807, 2.05) is 28.8 Å². The van der Waals surface area contributed by atoms with Crippen LogP contribution in [0.5, 0.6) is 11.5 Å². The fraction of sp³-hybridized carbons (Fsp3) is 0.143. The number of ether oxygens (including phenoxy) is 2. The number of methoxy groups -OCH3 is 2. The quantitative estimate of drug-likeness (QED) is 0.472. The minimum Gasteiger partial charge on any atom is -0.493 e. The van der Waals surface area contributed by atoms with E-state index >= 15 is 0 Å². The molecule has 7 heteroatoms. The molecule has 0 aliphatic heterocycles. The van der Waals surface area contributed by atoms with E-state index in [9.17, 15) is 0 Å². The van der Waals surface area contributed by atoms with E-state index in [1.54, 1.807) is 38.4 Å². The zero-order valence-electron chi connectivity index (χ0n) is 15.8. The number of thioether (sulfide) groups is 1. The zero-order chi connectivity index (χ0) is 19.5. The Labute approximate surface area is 167 Å². The molecule has 2 aromatic heterocycles. The number of hydrogen-bond acceptors (Lipinski definition) is 6. The summed E-state index contributed by atoms with van der Waals surface area (Å²) in [4.78, 5) is 10.2. The van der Waals surface area contributed by atoms with Gasteiger partial charge in [0.15, 0.2) is 17.1 Å². The van der Waals surface area contributed by atoms with E-state index in [1.165, 1.54) is 4.90 Å². The van der Waals surface area contributed by atoms with Crippen molar-refractivity contribution < 1.29 is 9.47 Å². The van der Waals surface area contributed by atoms with Crippen LogP contribution in [0.1, 0.15) is 0 Å². The van der Waals surface area contributed by atoms with Gasteiger partial charge in [0.25, 0.3) is 0 Å². The first-order valence-electron chi connectivity index (χ1n) is 8.69. The van der Waals surface area contributed by atoms with Gasteiger partial charge in [-0.1, -0.05) is 12.1 Å². The third-order valence-electron chi connectivity index (χ3n) is 4.44. The van der Waals surface area contributed by atoms with E-state index in [0.29, 0.717) is 11.5 Å². The Morgan fingerprint density at radius 1 is 1.00 bits per heavy atom. The van der Waals surface area contributed by atoms with Gasteiger partial charge in [-0.15, -0.1) is 11.8 Å². The van der Waals surface area contributed by atoms with Crippen molar-refractivity contribution in [2.45, 2.75) is 4.90 Å². The molecule has 6 nitrogen and oxygen atoms in total. The second-order valence-corrected chi connectivity index (χ2v) is 6.92. The molecule has 0 unspecified atom stereocenters. The monoisotopic (exact) mass is 392 g/mol. The first-order chi connectivity index (χ1) is 13.7. The minimum atomic E-state index is 0.661. The van der Waals surface area contributed by atoms with Crippen molar-refractivity contribution in [1.29, 1.82) is 0 Å². The maximum Gasteiger partial charge on any atom is 0.162 e. The molecule has 0 radical (unpaired) electrons. The number of anilines is 2. The van der Waals surface area contributed by atoms with Crippen LogP contribution in [-0.2, 0) is 0 Å². The topological polar surface area (TPSA) is 60.7 Å². The van der Waals surface area contributed by atoms with Crippen molar-refractivity contribution in [2.75, 3.05) is 25.8 Å². The van der Waals surface area contributed by atoms with Gasteiger partial charge in [0.2, 0.25) is 0 Å². The van der Waals surface area contributed by atoms with Gasteiger partial charge in [-0.2, -0.15) is 0 Å². The van der Waals surface area contributed by atoms with Crippen LogP contribution < -0.4 is 14.8 Å². The Hall–Kier alpha value is -3.19. The highest BCUT2D eigenvalue weighted by atomic mass is 32.2. The first-order valence-corrected chi connectivity index (χ1v) is 9.91. The van der Waals surface area contributed by atoms with Crippen molar-refractivity contribution in [3.05, 3.63) is 61.1 Å². The number of nitrogens with one attached hydrogen (secondary N) is 1. The summed E-state index contributed by atoms with van der Waals surface area (Å²) in [5.41, 5.74) is 3.53. The maximum absolute atomic E-state index is 5.42. The van der Waals surface area contributed by atoms with Crippen LogP contribution in [-0.4, -0.2) is 34.8 Å². The number of rotatable bonds is 6. The van der Waals surface area contributed by atoms with Gasteiger partial charge in [-0.05, 0) is 30.5 Å². The van der Waals surface area contributed by atoms with Crippen molar-refractivity contribution in [1.82, 2.24) is 14.4 Å². The lowest BCUT2D eigenvalue weighted by atomic mass is 10.1. The number of fused-ring (bicyclic) bond motifs is 1. The number of nitrogens with zero attached hydrogens (tertiary/aromatic N) is 3. The molecular weight excluding hydrogens is 372 g/mol. The molecule has 0 aliphatic rings. The first kappa shape index (κ1) is 18.2. The lowest BCUT2D eigenvalue weighted by molar-refractivity contribution is 0.355. The summed E-state index contributed by atoms with van der Waals surface area (Å²) in [7, 11) is 3.25. The summed E-state index contributed by atoms with van der Waals surface area (Å²) in [5, 5.41) is 3.48. The average molecular weight is 392 g/mol. The molecule has 0 amide bonds. The SMILES string of the molecule is COc1ccc(Nc2c(-c3ccc(SC)cc3)nc3cnccn23)cc1OC. The highest BCUT2D eigenvalue weighted by molar-refractivity contribution is 7.98.